The topological polar surface area (TPSA) is 164 Å². The zero-order valence-corrected chi connectivity index (χ0v) is 21.8. The van der Waals surface area contributed by atoms with Crippen LogP contribution in [-0.4, -0.2) is 31.7 Å². The number of nitrogens with two attached hydrogens (primary N) is 2. The molecule has 0 bridgehead atoms. The molecule has 192 valence electrons. The van der Waals surface area contributed by atoms with Gasteiger partial charge in [-0.15, -0.1) is 11.3 Å². The van der Waals surface area contributed by atoms with E-state index in [4.69, 9.17) is 16.9 Å². The van der Waals surface area contributed by atoms with Crippen LogP contribution in [0.2, 0.25) is 0 Å². The monoisotopic (exact) mass is 536 g/mol. The van der Waals surface area contributed by atoms with Gasteiger partial charge in [-0.2, -0.15) is 0 Å². The van der Waals surface area contributed by atoms with Crippen molar-refractivity contribution in [2.24, 2.45) is 17.4 Å². The normalized spacial score (nSPS) is 13.2. The Morgan fingerprint density at radius 3 is 2.57 bits per heavy atom. The van der Waals surface area contributed by atoms with Gasteiger partial charge in [0.25, 0.3) is 0 Å². The number of nitrogens with zero attached hydrogens (tertiary/aromatic N) is 1. The number of para-hydroxylation sites is 1. The lowest BCUT2D eigenvalue weighted by Crippen LogP contribution is -2.30. The first kappa shape index (κ1) is 26.4. The summed E-state index contributed by atoms with van der Waals surface area (Å²) in [5.74, 6) is -0.767. The molecular weight excluding hydrogens is 508 g/mol. The second kappa shape index (κ2) is 11.2. The van der Waals surface area contributed by atoms with Gasteiger partial charge in [0.2, 0.25) is 15.9 Å². The molecule has 2 unspecified atom stereocenters. The molecule has 0 aliphatic heterocycles. The lowest BCUT2D eigenvalue weighted by Gasteiger charge is -2.18. The Hall–Kier alpha value is -3.64. The second-order valence-electron chi connectivity index (χ2n) is 8.67. The minimum Gasteiger partial charge on any atom is -0.384 e. The molecule has 0 spiro atoms. The molecule has 0 saturated heterocycles. The third-order valence-electron chi connectivity index (χ3n) is 5.80. The number of hydrogen-bond acceptors (Lipinski definition) is 7. The number of fused-ring (bicyclic) bond motifs is 1. The Balaban J connectivity index is 1.67. The molecule has 3 aromatic carbocycles. The minimum absolute atomic E-state index is 0.00861. The molecule has 1 aromatic heterocycles. The van der Waals surface area contributed by atoms with Crippen LogP contribution in [0.15, 0.2) is 77.7 Å². The van der Waals surface area contributed by atoms with Crippen LogP contribution >= 0.6 is 11.3 Å². The fourth-order valence-corrected chi connectivity index (χ4v) is 6.03. The van der Waals surface area contributed by atoms with E-state index in [1.165, 1.54) is 23.5 Å². The number of amidine groups is 1. The van der Waals surface area contributed by atoms with Crippen molar-refractivity contribution in [1.29, 1.82) is 5.41 Å². The summed E-state index contributed by atoms with van der Waals surface area (Å²) in [5.41, 5.74) is 13.7. The predicted molar refractivity (Wildman–Crippen MR) is 147 cm³/mol. The summed E-state index contributed by atoms with van der Waals surface area (Å²) < 4.78 is 30.8. The van der Waals surface area contributed by atoms with Gasteiger partial charge in [-0.05, 0) is 48.4 Å². The number of nitrogens with one attached hydrogen (secondary N) is 3. The summed E-state index contributed by atoms with van der Waals surface area (Å²) in [4.78, 5) is 16.9. The number of carbonyl (C=O) groups excluding carboxylic acids is 1. The van der Waals surface area contributed by atoms with Gasteiger partial charge in [0, 0.05) is 23.7 Å². The molecule has 0 aliphatic carbocycles. The lowest BCUT2D eigenvalue weighted by atomic mass is 10.0. The highest BCUT2D eigenvalue weighted by atomic mass is 32.2. The number of carbonyl (C=O) groups is 1. The highest BCUT2D eigenvalue weighted by molar-refractivity contribution is 7.89. The molecule has 2 atom stereocenters. The molecule has 9 nitrogen and oxygen atoms in total. The van der Waals surface area contributed by atoms with E-state index in [-0.39, 0.29) is 23.2 Å². The highest BCUT2D eigenvalue weighted by Gasteiger charge is 2.25. The number of anilines is 1. The average Bonchev–Trinajstić information content (AvgIpc) is 3.32. The van der Waals surface area contributed by atoms with Crippen LogP contribution in [0.25, 0.3) is 10.2 Å². The zero-order valence-electron chi connectivity index (χ0n) is 20.1. The summed E-state index contributed by atoms with van der Waals surface area (Å²) in [7, 11) is -4.00. The van der Waals surface area contributed by atoms with Crippen molar-refractivity contribution < 1.29 is 13.2 Å². The number of hydrogen-bond donors (Lipinski definition) is 5. The fraction of sp³-hybridized carbons (Fsp3) is 0.192. The van der Waals surface area contributed by atoms with E-state index in [0.29, 0.717) is 22.7 Å². The first-order chi connectivity index (χ1) is 17.7. The van der Waals surface area contributed by atoms with Crippen LogP contribution in [0.1, 0.15) is 29.1 Å². The third kappa shape index (κ3) is 6.38. The van der Waals surface area contributed by atoms with E-state index in [1.54, 1.807) is 37.3 Å². The zero-order chi connectivity index (χ0) is 26.6. The third-order valence-corrected chi connectivity index (χ3v) is 8.42. The molecule has 37 heavy (non-hydrogen) atoms. The molecular formula is C26H28N6O3S2. The van der Waals surface area contributed by atoms with Crippen LogP contribution in [-0.2, 0) is 21.2 Å². The van der Waals surface area contributed by atoms with Crippen LogP contribution in [0.3, 0.4) is 0 Å². The Kier molecular flexibility index (Phi) is 7.98. The van der Waals surface area contributed by atoms with Crippen molar-refractivity contribution in [3.8, 4) is 0 Å². The van der Waals surface area contributed by atoms with Crippen LogP contribution in [0.5, 0.6) is 0 Å². The molecule has 0 fully saturated rings. The second-order valence-corrected chi connectivity index (χ2v) is 11.4. The van der Waals surface area contributed by atoms with Crippen LogP contribution in [0, 0.1) is 11.3 Å². The van der Waals surface area contributed by atoms with Gasteiger partial charge in [-0.3, -0.25) is 10.2 Å². The van der Waals surface area contributed by atoms with Crippen LogP contribution in [0.4, 0.5) is 5.69 Å². The van der Waals surface area contributed by atoms with E-state index in [1.807, 2.05) is 30.3 Å². The molecule has 11 heteroatoms. The van der Waals surface area contributed by atoms with Crippen molar-refractivity contribution in [3.63, 3.8) is 0 Å². The maximum absolute atomic E-state index is 13.5. The van der Waals surface area contributed by atoms with Crippen molar-refractivity contribution >= 4 is 49.0 Å². The van der Waals surface area contributed by atoms with E-state index in [9.17, 15) is 13.2 Å². The Morgan fingerprint density at radius 2 is 1.84 bits per heavy atom. The number of amides is 1. The van der Waals surface area contributed by atoms with Crippen molar-refractivity contribution in [3.05, 3.63) is 88.9 Å². The standard InChI is InChI=1S/C26H28N6O3S2/c1-16(15-27)25(33)30-19-8-5-9-20(14-19)37(34,35)32-22(13-17-6-4-7-18(12-17)24(28)29)26-31-21-10-2-3-11-23(21)36-26/h2-12,14,16,22,32H,13,15,27H2,1H3,(H3,28,29)(H,30,33). The number of benzene rings is 3. The Morgan fingerprint density at radius 1 is 1.08 bits per heavy atom. The number of sulfonamides is 1. The minimum atomic E-state index is -4.00. The maximum atomic E-state index is 13.5. The Labute approximate surface area is 219 Å². The van der Waals surface area contributed by atoms with Crippen molar-refractivity contribution in [1.82, 2.24) is 9.71 Å². The molecule has 4 rings (SSSR count). The lowest BCUT2D eigenvalue weighted by molar-refractivity contribution is -0.119. The largest absolute Gasteiger partial charge is 0.384 e. The summed E-state index contributed by atoms with van der Waals surface area (Å²) >= 11 is 1.41. The van der Waals surface area contributed by atoms with E-state index in [2.05, 4.69) is 15.0 Å². The van der Waals surface area contributed by atoms with Gasteiger partial charge >= 0.3 is 0 Å². The number of rotatable bonds is 10. The first-order valence-corrected chi connectivity index (χ1v) is 13.9. The van der Waals surface area contributed by atoms with E-state index in [0.717, 1.165) is 15.8 Å². The molecule has 1 amide bonds. The van der Waals surface area contributed by atoms with Gasteiger partial charge in [0.1, 0.15) is 10.8 Å². The highest BCUT2D eigenvalue weighted by Crippen LogP contribution is 2.30. The van der Waals surface area contributed by atoms with Gasteiger partial charge in [-0.25, -0.2) is 18.1 Å². The van der Waals surface area contributed by atoms with Crippen molar-refractivity contribution in [2.45, 2.75) is 24.3 Å². The number of nitrogen functional groups attached to an aromatic ring is 1. The number of aromatic nitrogens is 1. The predicted octanol–water partition coefficient (Wildman–Crippen LogP) is 3.38. The van der Waals surface area contributed by atoms with E-state index >= 15 is 0 Å². The van der Waals surface area contributed by atoms with Gasteiger partial charge in [0.15, 0.2) is 0 Å². The summed E-state index contributed by atoms with van der Waals surface area (Å²) in [6, 6.07) is 20.1. The van der Waals surface area contributed by atoms with Crippen LogP contribution < -0.4 is 21.5 Å². The van der Waals surface area contributed by atoms with Crippen molar-refractivity contribution in [2.75, 3.05) is 11.9 Å². The molecule has 0 saturated carbocycles. The number of thiazole rings is 1. The molecule has 0 aliphatic rings. The quantitative estimate of drug-likeness (QED) is 0.154. The van der Waals surface area contributed by atoms with E-state index < -0.39 is 22.0 Å². The summed E-state index contributed by atoms with van der Waals surface area (Å²) in [5, 5.41) is 11.1. The first-order valence-electron chi connectivity index (χ1n) is 11.6. The Bertz CT molecular complexity index is 1520. The van der Waals surface area contributed by atoms with Gasteiger partial charge in [0.05, 0.1) is 21.2 Å². The van der Waals surface area contributed by atoms with Gasteiger partial charge in [-0.1, -0.05) is 43.3 Å². The summed E-state index contributed by atoms with van der Waals surface area (Å²) in [6.07, 6.45) is 0.296. The molecule has 7 N–H and O–H groups in total. The molecule has 4 aromatic rings. The summed E-state index contributed by atoms with van der Waals surface area (Å²) in [6.45, 7) is 1.88. The molecule has 1 heterocycles. The van der Waals surface area contributed by atoms with Gasteiger partial charge < -0.3 is 16.8 Å². The fourth-order valence-electron chi connectivity index (χ4n) is 3.69. The average molecular weight is 537 g/mol. The SMILES string of the molecule is CC(CN)C(=O)Nc1cccc(S(=O)(=O)NC(Cc2cccc(C(=N)N)c2)c2nc3ccccc3s2)c1. The maximum Gasteiger partial charge on any atom is 0.241 e. The molecule has 0 radical (unpaired) electrons. The smallest absolute Gasteiger partial charge is 0.241 e.